The van der Waals surface area contributed by atoms with Crippen LogP contribution in [0.5, 0.6) is 0 Å². The molecule has 1 heterocycles. The monoisotopic (exact) mass is 201 g/mol. The van der Waals surface area contributed by atoms with E-state index in [1.165, 1.54) is 37.9 Å². The van der Waals surface area contributed by atoms with Gasteiger partial charge in [-0.15, -0.1) is 0 Å². The first-order chi connectivity index (χ1) is 5.84. The maximum atomic E-state index is 2.26. The highest BCUT2D eigenvalue weighted by atomic mass is 35.5. The summed E-state index contributed by atoms with van der Waals surface area (Å²) >= 11 is 0. The van der Waals surface area contributed by atoms with Gasteiger partial charge in [-0.05, 0) is 25.0 Å². The van der Waals surface area contributed by atoms with E-state index in [0.29, 0.717) is 0 Å². The van der Waals surface area contributed by atoms with E-state index in [0.717, 1.165) is 0 Å². The summed E-state index contributed by atoms with van der Waals surface area (Å²) in [6, 6.07) is 0. The van der Waals surface area contributed by atoms with Gasteiger partial charge >= 0.3 is 0 Å². The molecule has 1 rings (SSSR count). The Bertz CT molecular complexity index is 185. The summed E-state index contributed by atoms with van der Waals surface area (Å²) in [7, 11) is 0. The number of unbranched alkanes of at least 4 members (excludes halogenated alkanes) is 3. The number of allylic oxidation sites excluding steroid dienone is 3. The summed E-state index contributed by atoms with van der Waals surface area (Å²) in [6.45, 7) is 5.74. The van der Waals surface area contributed by atoms with Gasteiger partial charge in [-0.25, -0.2) is 0 Å². The second-order valence-corrected chi connectivity index (χ2v) is 3.54. The van der Waals surface area contributed by atoms with Crippen LogP contribution >= 0.6 is 0 Å². The summed E-state index contributed by atoms with van der Waals surface area (Å²) < 4.78 is 0. The fraction of sp³-hybridized carbons (Fsp3) is 0.636. The van der Waals surface area contributed by atoms with Crippen molar-refractivity contribution >= 4 is 0 Å². The first kappa shape index (κ1) is 12.7. The molecule has 0 saturated carbocycles. The molecule has 0 aromatic heterocycles. The molecular formula is C11H20ClN. The van der Waals surface area contributed by atoms with Crippen LogP contribution in [0.2, 0.25) is 0 Å². The second kappa shape index (κ2) is 7.16. The smallest absolute Gasteiger partial charge is 0.109 e. The predicted molar refractivity (Wildman–Crippen MR) is 52.9 cm³/mol. The topological polar surface area (TPSA) is 4.44 Å². The molecule has 1 aliphatic rings. The summed E-state index contributed by atoms with van der Waals surface area (Å²) in [5.41, 5.74) is 1.46. The fourth-order valence-electron chi connectivity index (χ4n) is 1.57. The van der Waals surface area contributed by atoms with E-state index in [1.807, 2.05) is 0 Å². The molecule has 0 aromatic carbocycles. The number of nitrogens with one attached hydrogen (secondary N) is 1. The minimum atomic E-state index is 0. The molecule has 1 aliphatic heterocycles. The molecule has 1 nitrogen and oxygen atoms in total. The highest BCUT2D eigenvalue weighted by Gasteiger charge is 2.10. The van der Waals surface area contributed by atoms with Crippen molar-refractivity contribution in [1.82, 2.24) is 0 Å². The first-order valence-electron chi connectivity index (χ1n) is 5.05. The van der Waals surface area contributed by atoms with Crippen molar-refractivity contribution in [3.8, 4) is 0 Å². The Morgan fingerprint density at radius 3 is 2.54 bits per heavy atom. The van der Waals surface area contributed by atoms with E-state index in [9.17, 15) is 0 Å². The molecule has 0 fully saturated rings. The Labute approximate surface area is 87.9 Å². The second-order valence-electron chi connectivity index (χ2n) is 3.54. The maximum absolute atomic E-state index is 2.26. The lowest BCUT2D eigenvalue weighted by atomic mass is 10.2. The van der Waals surface area contributed by atoms with Crippen molar-refractivity contribution in [2.24, 2.45) is 0 Å². The van der Waals surface area contributed by atoms with Crippen LogP contribution in [0.3, 0.4) is 0 Å². The lowest BCUT2D eigenvalue weighted by Crippen LogP contribution is -3.04. The molecule has 0 aliphatic carbocycles. The summed E-state index contributed by atoms with van der Waals surface area (Å²) in [4.78, 5) is 1.55. The molecule has 0 aromatic rings. The van der Waals surface area contributed by atoms with Gasteiger partial charge in [0.1, 0.15) is 5.70 Å². The van der Waals surface area contributed by atoms with Gasteiger partial charge in [0, 0.05) is 6.92 Å². The molecule has 0 amide bonds. The molecule has 1 atom stereocenters. The molecule has 2 heteroatoms. The Hall–Kier alpha value is -0.270. The molecule has 13 heavy (non-hydrogen) atoms. The molecule has 0 bridgehead atoms. The van der Waals surface area contributed by atoms with E-state index in [-0.39, 0.29) is 12.4 Å². The zero-order chi connectivity index (χ0) is 8.81. The van der Waals surface area contributed by atoms with Crippen LogP contribution < -0.4 is 17.3 Å². The van der Waals surface area contributed by atoms with Crippen LogP contribution in [-0.2, 0) is 0 Å². The Kier molecular flexibility index (Phi) is 7.02. The van der Waals surface area contributed by atoms with Crippen molar-refractivity contribution in [2.45, 2.75) is 39.5 Å². The van der Waals surface area contributed by atoms with E-state index in [2.05, 4.69) is 32.2 Å². The quantitative estimate of drug-likeness (QED) is 0.538. The van der Waals surface area contributed by atoms with Crippen LogP contribution in [0.4, 0.5) is 0 Å². The van der Waals surface area contributed by atoms with Crippen LogP contribution in [0.15, 0.2) is 24.0 Å². The van der Waals surface area contributed by atoms with Gasteiger partial charge in [0.25, 0.3) is 0 Å². The van der Waals surface area contributed by atoms with Gasteiger partial charge in [-0.3, -0.25) is 4.90 Å². The molecule has 0 saturated heterocycles. The van der Waals surface area contributed by atoms with Crippen molar-refractivity contribution < 1.29 is 17.3 Å². The minimum Gasteiger partial charge on any atom is -1.00 e. The van der Waals surface area contributed by atoms with Gasteiger partial charge in [0.15, 0.2) is 0 Å². The molecule has 1 unspecified atom stereocenters. The minimum absolute atomic E-state index is 0. The summed E-state index contributed by atoms with van der Waals surface area (Å²) in [5, 5.41) is 0. The fourth-order valence-corrected chi connectivity index (χ4v) is 1.57. The Balaban J connectivity index is 0.00000144. The number of halogens is 1. The SMILES string of the molecule is CCCCCC[NH+]1C=CC=C1C.[Cl-]. The van der Waals surface area contributed by atoms with Crippen LogP contribution in [0.25, 0.3) is 0 Å². The van der Waals surface area contributed by atoms with E-state index < -0.39 is 0 Å². The maximum Gasteiger partial charge on any atom is 0.109 e. The van der Waals surface area contributed by atoms with E-state index in [1.54, 1.807) is 4.90 Å². The molecule has 0 spiro atoms. The van der Waals surface area contributed by atoms with Gasteiger partial charge in [-0.1, -0.05) is 19.8 Å². The van der Waals surface area contributed by atoms with Gasteiger partial charge in [0.05, 0.1) is 12.7 Å². The Morgan fingerprint density at radius 2 is 2.00 bits per heavy atom. The van der Waals surface area contributed by atoms with Crippen molar-refractivity contribution in [3.63, 3.8) is 0 Å². The number of hydrogen-bond donors (Lipinski definition) is 1. The summed E-state index contributed by atoms with van der Waals surface area (Å²) in [5.74, 6) is 0. The van der Waals surface area contributed by atoms with Crippen molar-refractivity contribution in [1.29, 1.82) is 0 Å². The normalized spacial score (nSPS) is 19.8. The zero-order valence-corrected chi connectivity index (χ0v) is 9.40. The van der Waals surface area contributed by atoms with Gasteiger partial charge in [-0.2, -0.15) is 0 Å². The molecule has 0 radical (unpaired) electrons. The van der Waals surface area contributed by atoms with E-state index >= 15 is 0 Å². The van der Waals surface area contributed by atoms with Crippen LogP contribution in [-0.4, -0.2) is 6.54 Å². The Morgan fingerprint density at radius 1 is 1.23 bits per heavy atom. The lowest BCUT2D eigenvalue weighted by molar-refractivity contribution is -0.802. The average molecular weight is 202 g/mol. The van der Waals surface area contributed by atoms with Crippen LogP contribution in [0.1, 0.15) is 39.5 Å². The van der Waals surface area contributed by atoms with Gasteiger partial charge in [0.2, 0.25) is 0 Å². The highest BCUT2D eigenvalue weighted by Crippen LogP contribution is 1.97. The van der Waals surface area contributed by atoms with Crippen LogP contribution in [0, 0.1) is 0 Å². The largest absolute Gasteiger partial charge is 1.00 e. The molecular weight excluding hydrogens is 182 g/mol. The zero-order valence-electron chi connectivity index (χ0n) is 8.65. The number of hydrogen-bond acceptors (Lipinski definition) is 0. The van der Waals surface area contributed by atoms with Crippen molar-refractivity contribution in [3.05, 3.63) is 24.0 Å². The number of quaternary nitrogens is 1. The standard InChI is InChI=1S/C11H19N.ClH/c1-3-4-5-6-9-12-10-7-8-11(12)2;/h7-8,10H,3-6,9H2,1-2H3;1H. The number of rotatable bonds is 5. The summed E-state index contributed by atoms with van der Waals surface area (Å²) in [6.07, 6.45) is 12.1. The highest BCUT2D eigenvalue weighted by molar-refractivity contribution is 5.08. The third-order valence-electron chi connectivity index (χ3n) is 2.45. The third kappa shape index (κ3) is 4.49. The van der Waals surface area contributed by atoms with E-state index in [4.69, 9.17) is 0 Å². The first-order valence-corrected chi connectivity index (χ1v) is 5.05. The third-order valence-corrected chi connectivity index (χ3v) is 2.45. The average Bonchev–Trinajstić information content (AvgIpc) is 2.46. The van der Waals surface area contributed by atoms with Crippen molar-refractivity contribution in [2.75, 3.05) is 6.54 Å². The molecule has 76 valence electrons. The predicted octanol–water partition coefficient (Wildman–Crippen LogP) is -1.11. The molecule has 1 N–H and O–H groups in total. The lowest BCUT2D eigenvalue weighted by Gasteiger charge is -2.10. The van der Waals surface area contributed by atoms with Gasteiger partial charge < -0.3 is 12.4 Å².